The number of Topliss-reactive ketones (excluding diaryl/α,β-unsaturated/α-hetero) is 1. The number of carboxylic acids is 1. The number of benzene rings is 1. The normalized spacial score (nSPS) is 12.4. The highest BCUT2D eigenvalue weighted by Gasteiger charge is 2.27. The molecule has 0 aromatic heterocycles. The molecule has 1 aromatic rings. The smallest absolute Gasteiger partial charge is 0.327 e. The van der Waals surface area contributed by atoms with Gasteiger partial charge in [0.05, 0.1) is 5.56 Å². The Balaban J connectivity index is 3.05. The van der Waals surface area contributed by atoms with Crippen molar-refractivity contribution in [3.63, 3.8) is 0 Å². The van der Waals surface area contributed by atoms with Gasteiger partial charge in [-0.05, 0) is 12.5 Å². The summed E-state index contributed by atoms with van der Waals surface area (Å²) >= 11 is 0. The monoisotopic (exact) mass is 343 g/mol. The van der Waals surface area contributed by atoms with Gasteiger partial charge in [-0.3, -0.25) is 14.1 Å². The van der Waals surface area contributed by atoms with Crippen LogP contribution < -0.4 is 5.32 Å². The Morgan fingerprint density at radius 3 is 2.22 bits per heavy atom. The highest BCUT2D eigenvalue weighted by Crippen LogP contribution is 2.13. The molecule has 1 aromatic carbocycles. The minimum absolute atomic E-state index is 0.0486. The van der Waals surface area contributed by atoms with Crippen molar-refractivity contribution in [2.45, 2.75) is 25.8 Å². The maximum absolute atomic E-state index is 12.2. The lowest BCUT2D eigenvalue weighted by Gasteiger charge is -2.14. The highest BCUT2D eigenvalue weighted by atomic mass is 32.2. The lowest BCUT2D eigenvalue weighted by Crippen LogP contribution is -2.45. The average Bonchev–Trinajstić information content (AvgIpc) is 2.45. The van der Waals surface area contributed by atoms with Crippen molar-refractivity contribution in [1.82, 2.24) is 5.32 Å². The fourth-order valence-electron chi connectivity index (χ4n) is 1.91. The van der Waals surface area contributed by atoms with Crippen LogP contribution in [0.3, 0.4) is 0 Å². The molecule has 23 heavy (non-hydrogen) atoms. The maximum Gasteiger partial charge on any atom is 0.327 e. The number of aliphatic carboxylic acids is 1. The fourth-order valence-corrected chi connectivity index (χ4v) is 2.55. The van der Waals surface area contributed by atoms with Gasteiger partial charge in [-0.1, -0.05) is 25.1 Å². The molecule has 8 nitrogen and oxygen atoms in total. The molecule has 0 saturated heterocycles. The van der Waals surface area contributed by atoms with Gasteiger partial charge in [-0.15, -0.1) is 0 Å². The van der Waals surface area contributed by atoms with Crippen LogP contribution in [-0.2, 0) is 14.9 Å². The zero-order valence-corrected chi connectivity index (χ0v) is 13.2. The largest absolute Gasteiger partial charge is 0.480 e. The molecule has 0 bridgehead atoms. The molecule has 0 saturated carbocycles. The molecule has 1 rings (SSSR count). The van der Waals surface area contributed by atoms with Gasteiger partial charge in [0.25, 0.3) is 16.0 Å². The van der Waals surface area contributed by atoms with Crippen LogP contribution in [0, 0.1) is 0 Å². The SMILES string of the molecule is CCCC(=O)c1ccccc1C(=O)N[C@@H](CS(=O)(=O)O)C(=O)O. The van der Waals surface area contributed by atoms with Gasteiger partial charge in [0.1, 0.15) is 11.8 Å². The third kappa shape index (κ3) is 5.80. The quantitative estimate of drug-likeness (QED) is 0.467. The summed E-state index contributed by atoms with van der Waals surface area (Å²) in [7, 11) is -4.59. The van der Waals surface area contributed by atoms with E-state index in [1.807, 2.05) is 5.32 Å². The Hall–Kier alpha value is -2.26. The molecule has 0 heterocycles. The van der Waals surface area contributed by atoms with Crippen molar-refractivity contribution < 1.29 is 32.5 Å². The van der Waals surface area contributed by atoms with Crippen LogP contribution in [0.25, 0.3) is 0 Å². The molecule has 126 valence electrons. The van der Waals surface area contributed by atoms with E-state index in [2.05, 4.69) is 0 Å². The average molecular weight is 343 g/mol. The summed E-state index contributed by atoms with van der Waals surface area (Å²) < 4.78 is 30.4. The lowest BCUT2D eigenvalue weighted by atomic mass is 10.00. The number of hydrogen-bond acceptors (Lipinski definition) is 5. The summed E-state index contributed by atoms with van der Waals surface area (Å²) in [4.78, 5) is 35.2. The van der Waals surface area contributed by atoms with E-state index in [1.165, 1.54) is 18.2 Å². The Morgan fingerprint density at radius 1 is 1.17 bits per heavy atom. The van der Waals surface area contributed by atoms with Crippen molar-refractivity contribution in [3.05, 3.63) is 35.4 Å². The second-order valence-electron chi connectivity index (χ2n) is 4.83. The topological polar surface area (TPSA) is 138 Å². The van der Waals surface area contributed by atoms with Gasteiger partial charge < -0.3 is 10.4 Å². The van der Waals surface area contributed by atoms with E-state index in [-0.39, 0.29) is 23.3 Å². The zero-order valence-electron chi connectivity index (χ0n) is 12.4. The molecule has 0 aliphatic heterocycles. The highest BCUT2D eigenvalue weighted by molar-refractivity contribution is 7.85. The second-order valence-corrected chi connectivity index (χ2v) is 6.33. The molecule has 0 radical (unpaired) electrons. The zero-order chi connectivity index (χ0) is 17.6. The molecular weight excluding hydrogens is 326 g/mol. The Kier molecular flexibility index (Phi) is 6.40. The van der Waals surface area contributed by atoms with Crippen molar-refractivity contribution in [1.29, 1.82) is 0 Å². The number of nitrogens with one attached hydrogen (secondary N) is 1. The predicted octanol–water partition coefficient (Wildman–Crippen LogP) is 0.740. The van der Waals surface area contributed by atoms with E-state index in [0.29, 0.717) is 6.42 Å². The molecule has 3 N–H and O–H groups in total. The molecule has 0 aliphatic rings. The van der Waals surface area contributed by atoms with Crippen molar-refractivity contribution in [3.8, 4) is 0 Å². The van der Waals surface area contributed by atoms with Crippen LogP contribution in [0.5, 0.6) is 0 Å². The van der Waals surface area contributed by atoms with Crippen molar-refractivity contribution in [2.75, 3.05) is 5.75 Å². The standard InChI is InChI=1S/C14H17NO7S/c1-2-5-12(16)9-6-3-4-7-10(9)13(17)15-11(14(18)19)8-23(20,21)22/h3-4,6-7,11H,2,5,8H2,1H3,(H,15,17)(H,18,19)(H,20,21,22)/t11-/m0/s1. The fraction of sp³-hybridized carbons (Fsp3) is 0.357. The number of carboxylic acid groups (broad SMARTS) is 1. The summed E-state index contributed by atoms with van der Waals surface area (Å²) in [6.07, 6.45) is 0.799. The summed E-state index contributed by atoms with van der Waals surface area (Å²) in [6, 6.07) is 4.01. The number of rotatable bonds is 8. The van der Waals surface area contributed by atoms with Crippen LogP contribution in [0.4, 0.5) is 0 Å². The first-order valence-corrected chi connectivity index (χ1v) is 8.37. The van der Waals surface area contributed by atoms with E-state index in [0.717, 1.165) is 0 Å². The van der Waals surface area contributed by atoms with Crippen LogP contribution in [0.15, 0.2) is 24.3 Å². The Labute approximate surface area is 133 Å². The number of carbonyl (C=O) groups is 3. The first-order chi connectivity index (χ1) is 10.7. The van der Waals surface area contributed by atoms with E-state index < -0.39 is 33.8 Å². The molecular formula is C14H17NO7S. The molecule has 1 atom stereocenters. The van der Waals surface area contributed by atoms with E-state index in [9.17, 15) is 22.8 Å². The molecule has 0 fully saturated rings. The maximum atomic E-state index is 12.2. The van der Waals surface area contributed by atoms with Gasteiger partial charge in [0.2, 0.25) is 0 Å². The van der Waals surface area contributed by atoms with Crippen LogP contribution in [-0.4, -0.2) is 47.5 Å². The molecule has 0 unspecified atom stereocenters. The van der Waals surface area contributed by atoms with Gasteiger partial charge >= 0.3 is 5.97 Å². The van der Waals surface area contributed by atoms with E-state index in [4.69, 9.17) is 9.66 Å². The molecule has 0 aliphatic carbocycles. The van der Waals surface area contributed by atoms with Crippen LogP contribution >= 0.6 is 0 Å². The van der Waals surface area contributed by atoms with E-state index in [1.54, 1.807) is 13.0 Å². The minimum atomic E-state index is -4.59. The third-order valence-electron chi connectivity index (χ3n) is 2.93. The number of amides is 1. The molecule has 0 spiro atoms. The Morgan fingerprint density at radius 2 is 1.74 bits per heavy atom. The predicted molar refractivity (Wildman–Crippen MR) is 81.0 cm³/mol. The summed E-state index contributed by atoms with van der Waals surface area (Å²) in [5, 5.41) is 10.9. The number of ketones is 1. The second kappa shape index (κ2) is 7.84. The number of carbonyl (C=O) groups excluding carboxylic acids is 2. The molecule has 9 heteroatoms. The van der Waals surface area contributed by atoms with Gasteiger partial charge in [-0.2, -0.15) is 8.42 Å². The van der Waals surface area contributed by atoms with Crippen molar-refractivity contribution >= 4 is 27.8 Å². The van der Waals surface area contributed by atoms with Crippen LogP contribution in [0.2, 0.25) is 0 Å². The summed E-state index contributed by atoms with van der Waals surface area (Å²) in [5.74, 6) is -3.96. The van der Waals surface area contributed by atoms with Gasteiger partial charge in [0, 0.05) is 12.0 Å². The van der Waals surface area contributed by atoms with E-state index >= 15 is 0 Å². The summed E-state index contributed by atoms with van der Waals surface area (Å²) in [5.41, 5.74) is 0.0791. The number of hydrogen-bond donors (Lipinski definition) is 3. The van der Waals surface area contributed by atoms with Gasteiger partial charge in [0.15, 0.2) is 5.78 Å². The Bertz CT molecular complexity index is 712. The summed E-state index contributed by atoms with van der Waals surface area (Å²) in [6.45, 7) is 1.80. The lowest BCUT2D eigenvalue weighted by molar-refractivity contribution is -0.138. The van der Waals surface area contributed by atoms with Gasteiger partial charge in [-0.25, -0.2) is 4.79 Å². The first kappa shape index (κ1) is 18.8. The van der Waals surface area contributed by atoms with Crippen molar-refractivity contribution in [2.24, 2.45) is 0 Å². The minimum Gasteiger partial charge on any atom is -0.480 e. The third-order valence-corrected chi connectivity index (χ3v) is 3.68. The first-order valence-electron chi connectivity index (χ1n) is 6.76. The molecule has 1 amide bonds. The van der Waals surface area contributed by atoms with Crippen LogP contribution in [0.1, 0.15) is 40.5 Å².